The van der Waals surface area contributed by atoms with Crippen molar-refractivity contribution in [3.05, 3.63) is 23.3 Å². The van der Waals surface area contributed by atoms with E-state index >= 15 is 0 Å². The Kier molecular flexibility index (Phi) is 3.78. The van der Waals surface area contributed by atoms with Gasteiger partial charge in [0.1, 0.15) is 0 Å². The molecule has 0 aromatic carbocycles. The number of aliphatic carboxylic acids is 1. The first-order valence-electron chi connectivity index (χ1n) is 8.91. The van der Waals surface area contributed by atoms with Crippen molar-refractivity contribution in [1.29, 1.82) is 0 Å². The van der Waals surface area contributed by atoms with Gasteiger partial charge >= 0.3 is 0 Å². The Morgan fingerprint density at radius 1 is 1.32 bits per heavy atom. The summed E-state index contributed by atoms with van der Waals surface area (Å²) in [7, 11) is 0. The van der Waals surface area contributed by atoms with Crippen molar-refractivity contribution >= 4 is 5.97 Å². The lowest BCUT2D eigenvalue weighted by molar-refractivity contribution is -0.326. The van der Waals surface area contributed by atoms with Gasteiger partial charge in [0.15, 0.2) is 0 Å². The highest BCUT2D eigenvalue weighted by Crippen LogP contribution is 2.61. The summed E-state index contributed by atoms with van der Waals surface area (Å²) in [5.74, 6) is 0.538. The van der Waals surface area contributed by atoms with Gasteiger partial charge in [-0.05, 0) is 60.8 Å². The highest BCUT2D eigenvalue weighted by atomic mass is 16.4. The Morgan fingerprint density at radius 3 is 2.68 bits per heavy atom. The molecule has 3 aliphatic rings. The van der Waals surface area contributed by atoms with E-state index in [1.54, 1.807) is 5.57 Å². The molecule has 22 heavy (non-hydrogen) atoms. The highest BCUT2D eigenvalue weighted by molar-refractivity contribution is 5.73. The first-order valence-corrected chi connectivity index (χ1v) is 8.91. The fraction of sp³-hybridized carbons (Fsp3) is 0.750. The van der Waals surface area contributed by atoms with Crippen molar-refractivity contribution in [2.24, 2.45) is 28.6 Å². The summed E-state index contributed by atoms with van der Waals surface area (Å²) in [6.07, 6.45) is 11.0. The summed E-state index contributed by atoms with van der Waals surface area (Å²) in [6, 6.07) is 0. The topological polar surface area (TPSA) is 40.1 Å². The third-order valence-corrected chi connectivity index (χ3v) is 7.05. The molecule has 0 aromatic rings. The summed E-state index contributed by atoms with van der Waals surface area (Å²) in [5.41, 5.74) is 2.51. The van der Waals surface area contributed by atoms with Gasteiger partial charge in [-0.2, -0.15) is 0 Å². The van der Waals surface area contributed by atoms with Gasteiger partial charge in [-0.1, -0.05) is 51.8 Å². The SMILES string of the molecule is CC(C)C1=CC2=CC[C@@H]3[C@](C)(CCC[C@]3(C)C(=O)[O-])[C@H]2CC1. The molecule has 3 aliphatic carbocycles. The first kappa shape index (κ1) is 15.8. The van der Waals surface area contributed by atoms with Gasteiger partial charge in [0, 0.05) is 11.4 Å². The van der Waals surface area contributed by atoms with Crippen LogP contribution in [0.25, 0.3) is 0 Å². The van der Waals surface area contributed by atoms with Crippen LogP contribution in [-0.2, 0) is 4.79 Å². The lowest BCUT2D eigenvalue weighted by Gasteiger charge is -2.58. The average molecular weight is 301 g/mol. The second-order valence-corrected chi connectivity index (χ2v) is 8.52. The Bertz CT molecular complexity index is 542. The van der Waals surface area contributed by atoms with Gasteiger partial charge in [-0.25, -0.2) is 0 Å². The number of allylic oxidation sites excluding steroid dienone is 4. The fourth-order valence-corrected chi connectivity index (χ4v) is 5.59. The third-order valence-electron chi connectivity index (χ3n) is 7.05. The van der Waals surface area contributed by atoms with Crippen LogP contribution in [0, 0.1) is 28.6 Å². The molecule has 0 N–H and O–H groups in total. The van der Waals surface area contributed by atoms with Gasteiger partial charge in [0.25, 0.3) is 0 Å². The van der Waals surface area contributed by atoms with Crippen LogP contribution in [0.1, 0.15) is 66.2 Å². The summed E-state index contributed by atoms with van der Waals surface area (Å²) in [5, 5.41) is 11.8. The van der Waals surface area contributed by atoms with Crippen LogP contribution in [0.5, 0.6) is 0 Å². The van der Waals surface area contributed by atoms with Crippen LogP contribution in [-0.4, -0.2) is 5.97 Å². The molecule has 2 heteroatoms. The minimum atomic E-state index is -0.838. The summed E-state index contributed by atoms with van der Waals surface area (Å²) < 4.78 is 0. The van der Waals surface area contributed by atoms with E-state index in [1.807, 2.05) is 6.92 Å². The van der Waals surface area contributed by atoms with Crippen molar-refractivity contribution in [3.63, 3.8) is 0 Å². The minimum absolute atomic E-state index is 0.121. The van der Waals surface area contributed by atoms with E-state index in [2.05, 4.69) is 32.9 Å². The monoisotopic (exact) mass is 301 g/mol. The molecule has 0 heterocycles. The zero-order valence-corrected chi connectivity index (χ0v) is 14.4. The van der Waals surface area contributed by atoms with Crippen LogP contribution < -0.4 is 5.11 Å². The number of fused-ring (bicyclic) bond motifs is 3. The van der Waals surface area contributed by atoms with Gasteiger partial charge in [0.2, 0.25) is 0 Å². The van der Waals surface area contributed by atoms with E-state index in [4.69, 9.17) is 0 Å². The zero-order valence-electron chi connectivity index (χ0n) is 14.4. The molecular formula is C20H29O2-. The lowest BCUT2D eigenvalue weighted by Crippen LogP contribution is -2.56. The van der Waals surface area contributed by atoms with Crippen LogP contribution >= 0.6 is 0 Å². The molecule has 0 saturated heterocycles. The smallest absolute Gasteiger partial charge is 0.0476 e. The van der Waals surface area contributed by atoms with Crippen LogP contribution in [0.2, 0.25) is 0 Å². The van der Waals surface area contributed by atoms with E-state index in [0.717, 1.165) is 25.7 Å². The van der Waals surface area contributed by atoms with E-state index in [1.165, 1.54) is 18.4 Å². The number of hydrogen-bond donors (Lipinski definition) is 0. The normalized spacial score (nSPS) is 41.3. The average Bonchev–Trinajstić information content (AvgIpc) is 2.46. The molecule has 0 aliphatic heterocycles. The van der Waals surface area contributed by atoms with Crippen LogP contribution in [0.3, 0.4) is 0 Å². The molecule has 1 saturated carbocycles. The van der Waals surface area contributed by atoms with Crippen molar-refractivity contribution < 1.29 is 9.90 Å². The highest BCUT2D eigenvalue weighted by Gasteiger charge is 2.54. The molecule has 4 atom stereocenters. The summed E-state index contributed by atoms with van der Waals surface area (Å²) in [4.78, 5) is 11.8. The quantitative estimate of drug-likeness (QED) is 0.776. The number of hydrogen-bond acceptors (Lipinski definition) is 2. The van der Waals surface area contributed by atoms with E-state index in [9.17, 15) is 9.90 Å². The number of carboxylic acid groups (broad SMARTS) is 1. The molecule has 0 unspecified atom stereocenters. The first-order chi connectivity index (χ1) is 10.3. The Labute approximate surface area is 134 Å². The van der Waals surface area contributed by atoms with Gasteiger partial charge < -0.3 is 9.90 Å². The maximum absolute atomic E-state index is 11.8. The van der Waals surface area contributed by atoms with Gasteiger partial charge in [-0.3, -0.25) is 0 Å². The Balaban J connectivity index is 2.00. The van der Waals surface area contributed by atoms with Crippen LogP contribution in [0.15, 0.2) is 23.3 Å². The summed E-state index contributed by atoms with van der Waals surface area (Å²) >= 11 is 0. The van der Waals surface area contributed by atoms with Crippen LogP contribution in [0.4, 0.5) is 0 Å². The zero-order chi connectivity index (χ0) is 16.1. The fourth-order valence-electron chi connectivity index (χ4n) is 5.59. The van der Waals surface area contributed by atoms with Crippen molar-refractivity contribution in [3.8, 4) is 0 Å². The number of carbonyl (C=O) groups is 1. The van der Waals surface area contributed by atoms with Gasteiger partial charge in [0.05, 0.1) is 0 Å². The van der Waals surface area contributed by atoms with Crippen molar-refractivity contribution in [2.75, 3.05) is 0 Å². The molecular weight excluding hydrogens is 272 g/mol. The van der Waals surface area contributed by atoms with Crippen molar-refractivity contribution in [1.82, 2.24) is 0 Å². The second kappa shape index (κ2) is 5.25. The van der Waals surface area contributed by atoms with E-state index < -0.39 is 11.4 Å². The largest absolute Gasteiger partial charge is 0.550 e. The second-order valence-electron chi connectivity index (χ2n) is 8.52. The molecule has 0 amide bonds. The molecule has 1 fully saturated rings. The Hall–Kier alpha value is -1.05. The molecule has 122 valence electrons. The maximum atomic E-state index is 11.8. The number of carboxylic acids is 1. The predicted octanol–water partition coefficient (Wildman–Crippen LogP) is 3.87. The Morgan fingerprint density at radius 2 is 2.05 bits per heavy atom. The van der Waals surface area contributed by atoms with E-state index in [0.29, 0.717) is 11.8 Å². The van der Waals surface area contributed by atoms with Gasteiger partial charge in [-0.15, -0.1) is 0 Å². The van der Waals surface area contributed by atoms with E-state index in [-0.39, 0.29) is 11.3 Å². The third kappa shape index (κ3) is 2.18. The number of rotatable bonds is 2. The van der Waals surface area contributed by atoms with Crippen molar-refractivity contribution in [2.45, 2.75) is 66.2 Å². The molecule has 3 rings (SSSR count). The molecule has 0 aromatic heterocycles. The molecule has 2 nitrogen and oxygen atoms in total. The molecule has 0 bridgehead atoms. The predicted molar refractivity (Wildman–Crippen MR) is 86.9 cm³/mol. The standard InChI is InChI=1S/C20H30O2/c1-13(2)14-6-8-16-15(12-14)7-9-17-19(16,3)10-5-11-20(17,4)18(21)22/h7,12-13,16-17H,5-6,8-11H2,1-4H3,(H,21,22)/p-1/t16-,17+,19+,20-/m0/s1. The lowest BCUT2D eigenvalue weighted by atomic mass is 9.47. The maximum Gasteiger partial charge on any atom is 0.0476 e. The molecule has 0 radical (unpaired) electrons. The number of carbonyl (C=O) groups excluding carboxylic acids is 1. The molecule has 0 spiro atoms. The summed E-state index contributed by atoms with van der Waals surface area (Å²) in [6.45, 7) is 8.83. The minimum Gasteiger partial charge on any atom is -0.550 e.